The lowest BCUT2D eigenvalue weighted by Crippen LogP contribution is -2.22. The van der Waals surface area contributed by atoms with Crippen LogP contribution in [0.5, 0.6) is 0 Å². The van der Waals surface area contributed by atoms with Gasteiger partial charge in [-0.15, -0.1) is 0 Å². The summed E-state index contributed by atoms with van der Waals surface area (Å²) < 4.78 is 34.0. The summed E-state index contributed by atoms with van der Waals surface area (Å²) in [5.41, 5.74) is 1.43. The molecule has 0 saturated heterocycles. The van der Waals surface area contributed by atoms with Gasteiger partial charge in [0, 0.05) is 12.2 Å². The first-order valence-corrected chi connectivity index (χ1v) is 6.10. The minimum atomic E-state index is -3.45. The second kappa shape index (κ2) is 4.59. The molecule has 0 bridgehead atoms. The maximum atomic E-state index is 12.7. The highest BCUT2D eigenvalue weighted by Crippen LogP contribution is 2.14. The number of hydrogen-bond acceptors (Lipinski definition) is 3. The summed E-state index contributed by atoms with van der Waals surface area (Å²) in [7, 11) is -3.45. The second-order valence-corrected chi connectivity index (χ2v) is 4.99. The molecule has 0 aliphatic rings. The zero-order chi connectivity index (χ0) is 11.5. The van der Waals surface area contributed by atoms with Crippen LogP contribution in [0.2, 0.25) is 0 Å². The second-order valence-electron chi connectivity index (χ2n) is 3.25. The van der Waals surface area contributed by atoms with Gasteiger partial charge in [-0.1, -0.05) is 0 Å². The molecule has 0 aromatic heterocycles. The Morgan fingerprint density at radius 3 is 2.67 bits per heavy atom. The topological polar surface area (TPSA) is 72.2 Å². The molecule has 0 unspecified atom stereocenters. The van der Waals surface area contributed by atoms with E-state index in [1.807, 2.05) is 0 Å². The third kappa shape index (κ3) is 4.26. The smallest absolute Gasteiger partial charge is 0.210 e. The quantitative estimate of drug-likeness (QED) is 0.807. The van der Waals surface area contributed by atoms with Gasteiger partial charge in [0.25, 0.3) is 0 Å². The van der Waals surface area contributed by atoms with Crippen LogP contribution < -0.4 is 10.5 Å². The van der Waals surface area contributed by atoms with Crippen LogP contribution in [0.15, 0.2) is 18.2 Å². The first-order valence-electron chi connectivity index (χ1n) is 4.39. The van der Waals surface area contributed by atoms with E-state index < -0.39 is 10.0 Å². The predicted molar refractivity (Wildman–Crippen MR) is 57.6 cm³/mol. The number of hydrogen-bond donors (Lipinski definition) is 2. The average Bonchev–Trinajstić information content (AvgIpc) is 2.07. The third-order valence-corrected chi connectivity index (χ3v) is 2.66. The van der Waals surface area contributed by atoms with Gasteiger partial charge >= 0.3 is 0 Å². The molecule has 0 saturated carbocycles. The Balaban J connectivity index is 2.59. The van der Waals surface area contributed by atoms with Crippen molar-refractivity contribution in [1.82, 2.24) is 0 Å². The summed E-state index contributed by atoms with van der Waals surface area (Å²) in [6, 6.07) is 4.25. The lowest BCUT2D eigenvalue weighted by Gasteiger charge is -2.08. The van der Waals surface area contributed by atoms with Gasteiger partial charge in [-0.3, -0.25) is 0 Å². The Hall–Kier alpha value is -1.14. The molecule has 0 heterocycles. The number of halogens is 1. The number of primary sulfonamides is 1. The van der Waals surface area contributed by atoms with Gasteiger partial charge in [-0.05, 0) is 30.7 Å². The standard InChI is InChI=1S/C9H13FN2O2S/c1-7-6-8(10)2-3-9(7)12-4-5-15(11,13)14/h2-3,6,12H,4-5H2,1H3,(H2,11,13,14). The zero-order valence-corrected chi connectivity index (χ0v) is 9.14. The Labute approximate surface area is 88.3 Å². The van der Waals surface area contributed by atoms with Crippen molar-refractivity contribution < 1.29 is 12.8 Å². The van der Waals surface area contributed by atoms with Gasteiger partial charge in [0.1, 0.15) is 5.82 Å². The molecular weight excluding hydrogens is 219 g/mol. The van der Waals surface area contributed by atoms with Gasteiger partial charge < -0.3 is 5.32 Å². The highest BCUT2D eigenvalue weighted by atomic mass is 32.2. The number of aryl methyl sites for hydroxylation is 1. The van der Waals surface area contributed by atoms with Crippen LogP contribution in [0.3, 0.4) is 0 Å². The minimum absolute atomic E-state index is 0.149. The van der Waals surface area contributed by atoms with Crippen LogP contribution in [0.1, 0.15) is 5.56 Å². The summed E-state index contributed by atoms with van der Waals surface area (Å²) in [5.74, 6) is -0.464. The van der Waals surface area contributed by atoms with Crippen molar-refractivity contribution in [3.63, 3.8) is 0 Å². The van der Waals surface area contributed by atoms with E-state index >= 15 is 0 Å². The molecule has 0 aliphatic carbocycles. The Morgan fingerprint density at radius 1 is 1.47 bits per heavy atom. The largest absolute Gasteiger partial charge is 0.384 e. The first-order chi connectivity index (χ1) is 6.88. The maximum absolute atomic E-state index is 12.7. The van der Waals surface area contributed by atoms with E-state index in [2.05, 4.69) is 5.32 Å². The van der Waals surface area contributed by atoms with Crippen LogP contribution >= 0.6 is 0 Å². The Morgan fingerprint density at radius 2 is 2.13 bits per heavy atom. The fourth-order valence-corrected chi connectivity index (χ4v) is 1.54. The van der Waals surface area contributed by atoms with Crippen molar-refractivity contribution in [2.75, 3.05) is 17.6 Å². The Bertz CT molecular complexity index is 445. The Kier molecular flexibility index (Phi) is 3.65. The molecular formula is C9H13FN2O2S. The number of benzene rings is 1. The number of nitrogens with two attached hydrogens (primary N) is 1. The molecule has 0 aliphatic heterocycles. The van der Waals surface area contributed by atoms with Crippen molar-refractivity contribution in [1.29, 1.82) is 0 Å². The van der Waals surface area contributed by atoms with Gasteiger partial charge in [0.05, 0.1) is 5.75 Å². The van der Waals surface area contributed by atoms with E-state index in [0.717, 1.165) is 5.56 Å². The number of rotatable bonds is 4. The normalized spacial score (nSPS) is 11.4. The van der Waals surface area contributed by atoms with Gasteiger partial charge in [0.15, 0.2) is 0 Å². The summed E-state index contributed by atoms with van der Waals surface area (Å²) in [6.45, 7) is 1.95. The van der Waals surface area contributed by atoms with Crippen molar-refractivity contribution >= 4 is 15.7 Å². The van der Waals surface area contributed by atoms with E-state index in [4.69, 9.17) is 5.14 Å². The van der Waals surface area contributed by atoms with Gasteiger partial charge in [-0.25, -0.2) is 17.9 Å². The van der Waals surface area contributed by atoms with E-state index in [-0.39, 0.29) is 18.1 Å². The molecule has 1 aromatic rings. The van der Waals surface area contributed by atoms with Crippen molar-refractivity contribution in [2.45, 2.75) is 6.92 Å². The number of sulfonamides is 1. The fraction of sp³-hybridized carbons (Fsp3) is 0.333. The summed E-state index contributed by atoms with van der Waals surface area (Å²) in [4.78, 5) is 0. The van der Waals surface area contributed by atoms with Crippen LogP contribution in [0, 0.1) is 12.7 Å². The zero-order valence-electron chi connectivity index (χ0n) is 8.33. The molecule has 0 atom stereocenters. The first kappa shape index (κ1) is 11.9. The molecule has 1 rings (SSSR count). The fourth-order valence-electron chi connectivity index (χ4n) is 1.15. The summed E-state index contributed by atoms with van der Waals surface area (Å²) >= 11 is 0. The van der Waals surface area contributed by atoms with Crippen molar-refractivity contribution in [2.24, 2.45) is 5.14 Å². The van der Waals surface area contributed by atoms with Crippen LogP contribution in [0.25, 0.3) is 0 Å². The highest BCUT2D eigenvalue weighted by molar-refractivity contribution is 7.89. The van der Waals surface area contributed by atoms with Crippen LogP contribution in [-0.4, -0.2) is 20.7 Å². The molecule has 84 valence electrons. The summed E-state index contributed by atoms with van der Waals surface area (Å²) in [6.07, 6.45) is 0. The lowest BCUT2D eigenvalue weighted by atomic mass is 10.2. The van der Waals surface area contributed by atoms with Gasteiger partial charge in [-0.2, -0.15) is 0 Å². The predicted octanol–water partition coefficient (Wildman–Crippen LogP) is 0.835. The van der Waals surface area contributed by atoms with Crippen LogP contribution in [0.4, 0.5) is 10.1 Å². The average molecular weight is 232 g/mol. The van der Waals surface area contributed by atoms with Crippen molar-refractivity contribution in [3.05, 3.63) is 29.6 Å². The van der Waals surface area contributed by atoms with Crippen LogP contribution in [-0.2, 0) is 10.0 Å². The third-order valence-electron chi connectivity index (χ3n) is 1.89. The molecule has 6 heteroatoms. The van der Waals surface area contributed by atoms with Crippen molar-refractivity contribution in [3.8, 4) is 0 Å². The summed E-state index contributed by atoms with van der Waals surface area (Å²) in [5, 5.41) is 7.70. The maximum Gasteiger partial charge on any atom is 0.210 e. The highest BCUT2D eigenvalue weighted by Gasteiger charge is 2.03. The van der Waals surface area contributed by atoms with E-state index in [1.54, 1.807) is 13.0 Å². The van der Waals surface area contributed by atoms with E-state index in [1.165, 1.54) is 12.1 Å². The molecule has 0 radical (unpaired) electrons. The minimum Gasteiger partial charge on any atom is -0.384 e. The number of anilines is 1. The number of nitrogens with one attached hydrogen (secondary N) is 1. The SMILES string of the molecule is Cc1cc(F)ccc1NCCS(N)(=O)=O. The lowest BCUT2D eigenvalue weighted by molar-refractivity contribution is 0.598. The molecule has 4 nitrogen and oxygen atoms in total. The molecule has 0 fully saturated rings. The molecule has 0 spiro atoms. The molecule has 3 N–H and O–H groups in total. The van der Waals surface area contributed by atoms with E-state index in [0.29, 0.717) is 5.69 Å². The van der Waals surface area contributed by atoms with Gasteiger partial charge in [0.2, 0.25) is 10.0 Å². The van der Waals surface area contributed by atoms with E-state index in [9.17, 15) is 12.8 Å². The molecule has 15 heavy (non-hydrogen) atoms. The molecule has 1 aromatic carbocycles. The molecule has 0 amide bonds. The monoisotopic (exact) mass is 232 g/mol.